The maximum atomic E-state index is 12.6. The fourth-order valence-corrected chi connectivity index (χ4v) is 3.19. The van der Waals surface area contributed by atoms with Gasteiger partial charge in [0.05, 0.1) is 6.33 Å². The van der Waals surface area contributed by atoms with Crippen molar-refractivity contribution in [1.29, 1.82) is 0 Å². The number of carbonyl (C=O) groups is 1. The first kappa shape index (κ1) is 17.0. The molecule has 1 aromatic carbocycles. The van der Waals surface area contributed by atoms with Crippen LogP contribution in [0.5, 0.6) is 0 Å². The van der Waals surface area contributed by atoms with Gasteiger partial charge in [-0.2, -0.15) is 0 Å². The number of hydrogen-bond acceptors (Lipinski definition) is 3. The van der Waals surface area contributed by atoms with Crippen molar-refractivity contribution < 1.29 is 4.79 Å². The molecule has 5 nitrogen and oxygen atoms in total. The summed E-state index contributed by atoms with van der Waals surface area (Å²) in [4.78, 5) is 21.1. The van der Waals surface area contributed by atoms with Gasteiger partial charge in [0, 0.05) is 49.2 Å². The molecule has 24 heavy (non-hydrogen) atoms. The third kappa shape index (κ3) is 4.58. The smallest absolute Gasteiger partial charge is 0.253 e. The minimum absolute atomic E-state index is 0.104. The summed E-state index contributed by atoms with van der Waals surface area (Å²) >= 11 is 5.90. The fourth-order valence-electron chi connectivity index (χ4n) is 3.07. The van der Waals surface area contributed by atoms with E-state index in [1.54, 1.807) is 24.3 Å². The molecule has 0 spiro atoms. The van der Waals surface area contributed by atoms with Crippen LogP contribution < -0.4 is 0 Å². The van der Waals surface area contributed by atoms with Crippen molar-refractivity contribution in [2.75, 3.05) is 32.7 Å². The number of benzene rings is 1. The molecule has 1 amide bonds. The lowest BCUT2D eigenvalue weighted by atomic mass is 10.2. The molecule has 1 saturated heterocycles. The fraction of sp³-hybridized carbons (Fsp3) is 0.444. The molecule has 1 aliphatic rings. The van der Waals surface area contributed by atoms with Gasteiger partial charge in [0.2, 0.25) is 0 Å². The number of hydrogen-bond donors (Lipinski definition) is 0. The second-order valence-electron chi connectivity index (χ2n) is 6.15. The molecule has 0 radical (unpaired) electrons. The first-order valence-corrected chi connectivity index (χ1v) is 8.83. The largest absolute Gasteiger partial charge is 0.337 e. The summed E-state index contributed by atoms with van der Waals surface area (Å²) in [5.74, 6) is 0.104. The zero-order chi connectivity index (χ0) is 16.8. The normalized spacial score (nSPS) is 16.1. The monoisotopic (exact) mass is 346 g/mol. The first-order chi connectivity index (χ1) is 11.7. The molecule has 0 saturated carbocycles. The van der Waals surface area contributed by atoms with Crippen LogP contribution >= 0.6 is 11.6 Å². The summed E-state index contributed by atoms with van der Waals surface area (Å²) in [6.45, 7) is 5.63. The molecule has 1 aliphatic heterocycles. The summed E-state index contributed by atoms with van der Waals surface area (Å²) < 4.78 is 2.11. The topological polar surface area (TPSA) is 41.4 Å². The lowest BCUT2D eigenvalue weighted by Crippen LogP contribution is -2.35. The number of halogens is 1. The standard InChI is InChI=1S/C18H23ClN4O/c19-17-5-3-16(4-6-17)18(24)23-11-2-9-21(13-14-23)8-1-10-22-12-7-20-15-22/h3-7,12,15H,1-2,8-11,13-14H2. The Balaban J connectivity index is 1.47. The summed E-state index contributed by atoms with van der Waals surface area (Å²) in [5.41, 5.74) is 0.716. The van der Waals surface area contributed by atoms with E-state index >= 15 is 0 Å². The second-order valence-corrected chi connectivity index (χ2v) is 6.58. The number of aryl methyl sites for hydroxylation is 1. The van der Waals surface area contributed by atoms with Crippen LogP contribution in [0.1, 0.15) is 23.2 Å². The highest BCUT2D eigenvalue weighted by Gasteiger charge is 2.20. The van der Waals surface area contributed by atoms with Gasteiger partial charge in [-0.15, -0.1) is 0 Å². The van der Waals surface area contributed by atoms with Crippen molar-refractivity contribution in [3.63, 3.8) is 0 Å². The summed E-state index contributed by atoms with van der Waals surface area (Å²) in [5, 5.41) is 0.659. The van der Waals surface area contributed by atoms with Crippen LogP contribution in [0.25, 0.3) is 0 Å². The van der Waals surface area contributed by atoms with Crippen LogP contribution in [0, 0.1) is 0 Å². The van der Waals surface area contributed by atoms with E-state index in [-0.39, 0.29) is 5.91 Å². The Morgan fingerprint density at radius 1 is 1.08 bits per heavy atom. The van der Waals surface area contributed by atoms with E-state index in [0.717, 1.165) is 52.1 Å². The molecule has 0 unspecified atom stereocenters. The van der Waals surface area contributed by atoms with Gasteiger partial charge in [-0.1, -0.05) is 11.6 Å². The predicted molar refractivity (Wildman–Crippen MR) is 95.3 cm³/mol. The van der Waals surface area contributed by atoms with Gasteiger partial charge in [0.25, 0.3) is 5.91 Å². The Morgan fingerprint density at radius 3 is 2.67 bits per heavy atom. The van der Waals surface area contributed by atoms with E-state index in [9.17, 15) is 4.79 Å². The van der Waals surface area contributed by atoms with E-state index in [0.29, 0.717) is 10.6 Å². The first-order valence-electron chi connectivity index (χ1n) is 8.45. The lowest BCUT2D eigenvalue weighted by Gasteiger charge is -2.22. The highest BCUT2D eigenvalue weighted by molar-refractivity contribution is 6.30. The van der Waals surface area contributed by atoms with Gasteiger partial charge in [0.15, 0.2) is 0 Å². The third-order valence-electron chi connectivity index (χ3n) is 4.42. The van der Waals surface area contributed by atoms with Crippen molar-refractivity contribution in [2.24, 2.45) is 0 Å². The second kappa shape index (κ2) is 8.31. The SMILES string of the molecule is O=C(c1ccc(Cl)cc1)N1CCCN(CCCn2ccnc2)CC1. The van der Waals surface area contributed by atoms with E-state index in [2.05, 4.69) is 14.5 Å². The molecule has 0 bridgehead atoms. The van der Waals surface area contributed by atoms with Gasteiger partial charge < -0.3 is 14.4 Å². The van der Waals surface area contributed by atoms with Crippen LogP contribution in [-0.4, -0.2) is 58.0 Å². The molecule has 2 heterocycles. The minimum Gasteiger partial charge on any atom is -0.337 e. The molecule has 0 aliphatic carbocycles. The molecule has 128 valence electrons. The van der Waals surface area contributed by atoms with Crippen molar-refractivity contribution in [3.8, 4) is 0 Å². The van der Waals surface area contributed by atoms with Crippen LogP contribution in [0.3, 0.4) is 0 Å². The molecule has 6 heteroatoms. The number of imidazole rings is 1. The average Bonchev–Trinajstić information content (AvgIpc) is 2.99. The van der Waals surface area contributed by atoms with Gasteiger partial charge in [0.1, 0.15) is 0 Å². The van der Waals surface area contributed by atoms with Crippen molar-refractivity contribution in [2.45, 2.75) is 19.4 Å². The lowest BCUT2D eigenvalue weighted by molar-refractivity contribution is 0.0761. The molecule has 0 atom stereocenters. The summed E-state index contributed by atoms with van der Waals surface area (Å²) in [6.07, 6.45) is 7.78. The van der Waals surface area contributed by atoms with Crippen LogP contribution in [0.2, 0.25) is 5.02 Å². The quantitative estimate of drug-likeness (QED) is 0.836. The van der Waals surface area contributed by atoms with Crippen LogP contribution in [0.4, 0.5) is 0 Å². The molecule has 1 aromatic heterocycles. The third-order valence-corrected chi connectivity index (χ3v) is 4.67. The minimum atomic E-state index is 0.104. The molecule has 0 N–H and O–H groups in total. The zero-order valence-electron chi connectivity index (χ0n) is 13.8. The number of rotatable bonds is 5. The maximum Gasteiger partial charge on any atom is 0.253 e. The summed E-state index contributed by atoms with van der Waals surface area (Å²) in [6, 6.07) is 7.15. The Kier molecular flexibility index (Phi) is 5.88. The Labute approximate surface area is 147 Å². The molecular weight excluding hydrogens is 324 g/mol. The molecule has 2 aromatic rings. The van der Waals surface area contributed by atoms with Crippen molar-refractivity contribution >= 4 is 17.5 Å². The molecule has 3 rings (SSSR count). The summed E-state index contributed by atoms with van der Waals surface area (Å²) in [7, 11) is 0. The highest BCUT2D eigenvalue weighted by atomic mass is 35.5. The number of nitrogens with zero attached hydrogens (tertiary/aromatic N) is 4. The van der Waals surface area contributed by atoms with Gasteiger partial charge in [-0.25, -0.2) is 4.98 Å². The van der Waals surface area contributed by atoms with Gasteiger partial charge in [-0.3, -0.25) is 4.79 Å². The van der Waals surface area contributed by atoms with Crippen molar-refractivity contribution in [3.05, 3.63) is 53.6 Å². The van der Waals surface area contributed by atoms with Crippen LogP contribution in [-0.2, 0) is 6.54 Å². The molecule has 1 fully saturated rings. The predicted octanol–water partition coefficient (Wildman–Crippen LogP) is 2.77. The van der Waals surface area contributed by atoms with E-state index < -0.39 is 0 Å². The Hall–Kier alpha value is -1.85. The van der Waals surface area contributed by atoms with Crippen LogP contribution in [0.15, 0.2) is 43.0 Å². The number of amides is 1. The highest BCUT2D eigenvalue weighted by Crippen LogP contribution is 2.13. The van der Waals surface area contributed by atoms with Crippen molar-refractivity contribution in [1.82, 2.24) is 19.4 Å². The van der Waals surface area contributed by atoms with Gasteiger partial charge >= 0.3 is 0 Å². The average molecular weight is 347 g/mol. The van der Waals surface area contributed by atoms with E-state index in [4.69, 9.17) is 11.6 Å². The number of aromatic nitrogens is 2. The maximum absolute atomic E-state index is 12.6. The van der Waals surface area contributed by atoms with E-state index in [1.165, 1.54) is 0 Å². The Bertz CT molecular complexity index is 642. The van der Waals surface area contributed by atoms with Gasteiger partial charge in [-0.05, 0) is 50.2 Å². The number of carbonyl (C=O) groups excluding carboxylic acids is 1. The zero-order valence-corrected chi connectivity index (χ0v) is 14.5. The molecular formula is C18H23ClN4O. The van der Waals surface area contributed by atoms with E-state index in [1.807, 2.05) is 23.6 Å². The Morgan fingerprint density at radius 2 is 1.92 bits per heavy atom.